The highest BCUT2D eigenvalue weighted by molar-refractivity contribution is 5.78. The normalized spacial score (nSPS) is 14.8. The second kappa shape index (κ2) is 10.9. The zero-order valence-electron chi connectivity index (χ0n) is 22.8. The van der Waals surface area contributed by atoms with Crippen LogP contribution >= 0.6 is 0 Å². The third-order valence-corrected chi connectivity index (χ3v) is 7.23. The van der Waals surface area contributed by atoms with Gasteiger partial charge in [0.2, 0.25) is 5.91 Å². The monoisotopic (exact) mass is 556 g/mol. The van der Waals surface area contributed by atoms with Crippen molar-refractivity contribution in [3.63, 3.8) is 0 Å². The molecule has 1 N–H and O–H groups in total. The number of hydrogen-bond acceptors (Lipinski definition) is 7. The Hall–Kier alpha value is -4.00. The van der Waals surface area contributed by atoms with Crippen LogP contribution in [0.4, 0.5) is 13.2 Å². The molecule has 212 valence electrons. The molecule has 0 spiro atoms. The van der Waals surface area contributed by atoms with Crippen LogP contribution in [0.3, 0.4) is 0 Å². The van der Waals surface area contributed by atoms with Crippen molar-refractivity contribution >= 4 is 11.6 Å². The van der Waals surface area contributed by atoms with Crippen LogP contribution in [0.2, 0.25) is 0 Å². The Morgan fingerprint density at radius 1 is 1.20 bits per heavy atom. The Labute approximate surface area is 229 Å². The molecule has 1 aliphatic heterocycles. The van der Waals surface area contributed by atoms with Crippen LogP contribution in [-0.4, -0.2) is 92.5 Å². The van der Waals surface area contributed by atoms with E-state index >= 15 is 0 Å². The zero-order valence-corrected chi connectivity index (χ0v) is 22.8. The third kappa shape index (κ3) is 5.64. The number of likely N-dealkylation sites (tertiary alicyclic amines) is 1. The van der Waals surface area contributed by atoms with Crippen molar-refractivity contribution in [1.82, 2.24) is 39.6 Å². The van der Waals surface area contributed by atoms with Gasteiger partial charge in [-0.2, -0.15) is 23.4 Å². The molecule has 0 atom stereocenters. The number of alkyl halides is 3. The smallest absolute Gasteiger partial charge is 0.393 e. The highest BCUT2D eigenvalue weighted by atomic mass is 19.4. The maximum atomic E-state index is 13.8. The van der Waals surface area contributed by atoms with Crippen molar-refractivity contribution in [3.05, 3.63) is 47.5 Å². The molecule has 40 heavy (non-hydrogen) atoms. The van der Waals surface area contributed by atoms with Gasteiger partial charge in [0, 0.05) is 36.6 Å². The van der Waals surface area contributed by atoms with Gasteiger partial charge in [0.15, 0.2) is 11.4 Å². The number of H-pyrrole nitrogens is 1. The van der Waals surface area contributed by atoms with Crippen molar-refractivity contribution in [3.8, 4) is 28.4 Å². The molecule has 1 amide bonds. The number of rotatable bonds is 7. The number of amides is 1. The van der Waals surface area contributed by atoms with E-state index in [0.29, 0.717) is 42.3 Å². The molecule has 0 aromatic carbocycles. The first-order chi connectivity index (χ1) is 19.0. The molecule has 10 nitrogen and oxygen atoms in total. The Morgan fingerprint density at radius 3 is 2.60 bits per heavy atom. The molecule has 0 radical (unpaired) electrons. The predicted octanol–water partition coefficient (Wildman–Crippen LogP) is 3.87. The number of pyridine rings is 2. The van der Waals surface area contributed by atoms with Gasteiger partial charge in [-0.25, -0.2) is 9.50 Å². The summed E-state index contributed by atoms with van der Waals surface area (Å²) in [4.78, 5) is 24.9. The lowest BCUT2D eigenvalue weighted by molar-refractivity contribution is -0.133. The summed E-state index contributed by atoms with van der Waals surface area (Å²) in [7, 11) is 5.20. The molecular formula is C27H31F3N8O2. The van der Waals surface area contributed by atoms with Gasteiger partial charge >= 0.3 is 6.18 Å². The second-order valence-electron chi connectivity index (χ2n) is 10.4. The molecule has 13 heteroatoms. The number of carbonyl (C=O) groups excluding carboxylic acids is 1. The van der Waals surface area contributed by atoms with Crippen LogP contribution in [0.5, 0.6) is 5.75 Å². The van der Waals surface area contributed by atoms with Crippen molar-refractivity contribution in [2.24, 2.45) is 0 Å². The number of nitrogens with one attached hydrogen (secondary N) is 1. The van der Waals surface area contributed by atoms with Crippen LogP contribution in [0, 0.1) is 6.92 Å². The fourth-order valence-corrected chi connectivity index (χ4v) is 5.30. The van der Waals surface area contributed by atoms with Crippen LogP contribution in [-0.2, 0) is 11.2 Å². The number of aromatic amines is 1. The van der Waals surface area contributed by atoms with Crippen LogP contribution in [0.25, 0.3) is 28.3 Å². The molecule has 1 fully saturated rings. The summed E-state index contributed by atoms with van der Waals surface area (Å²) in [5.74, 6) is 0.700. The van der Waals surface area contributed by atoms with Crippen molar-refractivity contribution in [1.29, 1.82) is 0 Å². The Balaban J connectivity index is 1.45. The van der Waals surface area contributed by atoms with Crippen LogP contribution in [0.1, 0.15) is 35.4 Å². The number of fused-ring (bicyclic) bond motifs is 1. The van der Waals surface area contributed by atoms with Crippen LogP contribution in [0.15, 0.2) is 30.9 Å². The molecule has 5 heterocycles. The first-order valence-electron chi connectivity index (χ1n) is 12.9. The number of likely N-dealkylation sites (N-methyl/N-ethyl adjacent to an activating group) is 1. The molecule has 4 aromatic rings. The fraction of sp³-hybridized carbons (Fsp3) is 0.444. The summed E-state index contributed by atoms with van der Waals surface area (Å²) in [6, 6.07) is 3.40. The quantitative estimate of drug-likeness (QED) is 0.369. The minimum Gasteiger partial charge on any atom is -0.493 e. The zero-order chi connectivity index (χ0) is 28.6. The lowest BCUT2D eigenvalue weighted by Crippen LogP contribution is -2.42. The maximum absolute atomic E-state index is 13.8. The maximum Gasteiger partial charge on any atom is 0.393 e. The Kier molecular flexibility index (Phi) is 7.49. The minimum atomic E-state index is -4.47. The molecule has 4 aromatic heterocycles. The molecule has 0 saturated carbocycles. The fourth-order valence-electron chi connectivity index (χ4n) is 5.30. The van der Waals surface area contributed by atoms with E-state index in [9.17, 15) is 18.0 Å². The average molecular weight is 557 g/mol. The number of aryl methyl sites for hydroxylation is 1. The topological polar surface area (TPSA) is 105 Å². The summed E-state index contributed by atoms with van der Waals surface area (Å²) in [6.07, 6.45) is 0.614. The minimum absolute atomic E-state index is 0.0126. The van der Waals surface area contributed by atoms with Crippen LogP contribution < -0.4 is 4.74 Å². The largest absolute Gasteiger partial charge is 0.493 e. The van der Waals surface area contributed by atoms with Gasteiger partial charge in [0.1, 0.15) is 6.33 Å². The number of nitrogens with zero attached hydrogens (tertiary/aromatic N) is 7. The van der Waals surface area contributed by atoms with Crippen molar-refractivity contribution in [2.75, 3.05) is 40.8 Å². The number of piperidine rings is 1. The molecule has 1 saturated heterocycles. The first-order valence-corrected chi connectivity index (χ1v) is 12.9. The van der Waals surface area contributed by atoms with Gasteiger partial charge in [-0.05, 0) is 63.0 Å². The molecule has 0 unspecified atom stereocenters. The van der Waals surface area contributed by atoms with Crippen molar-refractivity contribution < 1.29 is 22.7 Å². The SMILES string of the molecule is COc1cc(-c2n[nH]c(-c3cc(C)c(C4CCN(C(=O)CN(C)C)CC4)cn3)c2CC(F)(F)F)cn2ncnc12. The number of methoxy groups -OCH3 is 1. The highest BCUT2D eigenvalue weighted by Gasteiger charge is 2.33. The summed E-state index contributed by atoms with van der Waals surface area (Å²) >= 11 is 0. The summed E-state index contributed by atoms with van der Waals surface area (Å²) in [5, 5.41) is 11.2. The standard InChI is InChI=1S/C27H31F3N8O2/c1-16-9-21(31-12-20(16)17-5-7-37(8-6-17)23(39)14-36(2)3)25-19(11-27(28,29)30)24(34-35-25)18-10-22(40-4)26-32-15-33-38(26)13-18/h9-10,12-13,15,17H,5-8,11,14H2,1-4H3,(H,34,35). The van der Waals surface area contributed by atoms with Gasteiger partial charge in [-0.1, -0.05) is 0 Å². The summed E-state index contributed by atoms with van der Waals surface area (Å²) < 4.78 is 48.1. The van der Waals surface area contributed by atoms with E-state index in [1.54, 1.807) is 24.5 Å². The molecule has 1 aliphatic rings. The van der Waals surface area contributed by atoms with E-state index in [2.05, 4.69) is 25.3 Å². The predicted molar refractivity (Wildman–Crippen MR) is 142 cm³/mol. The Morgan fingerprint density at radius 2 is 1.95 bits per heavy atom. The Bertz CT molecular complexity index is 1520. The van der Waals surface area contributed by atoms with E-state index in [1.807, 2.05) is 30.8 Å². The number of halogens is 3. The van der Waals surface area contributed by atoms with Gasteiger partial charge in [0.25, 0.3) is 0 Å². The van der Waals surface area contributed by atoms with Gasteiger partial charge < -0.3 is 14.5 Å². The van der Waals surface area contributed by atoms with E-state index in [1.165, 1.54) is 18.0 Å². The molecule has 5 rings (SSSR count). The van der Waals surface area contributed by atoms with E-state index in [-0.39, 0.29) is 28.8 Å². The van der Waals surface area contributed by atoms with Gasteiger partial charge in [0.05, 0.1) is 37.2 Å². The lowest BCUT2D eigenvalue weighted by atomic mass is 9.87. The van der Waals surface area contributed by atoms with Crippen molar-refractivity contribution in [2.45, 2.75) is 38.3 Å². The molecule has 0 aliphatic carbocycles. The third-order valence-electron chi connectivity index (χ3n) is 7.23. The number of ether oxygens (including phenoxy) is 1. The van der Waals surface area contributed by atoms with E-state index in [0.717, 1.165) is 24.0 Å². The highest BCUT2D eigenvalue weighted by Crippen LogP contribution is 2.37. The molecule has 0 bridgehead atoms. The second-order valence-corrected chi connectivity index (χ2v) is 10.4. The molecular weight excluding hydrogens is 525 g/mol. The number of carbonyl (C=O) groups is 1. The number of aromatic nitrogens is 6. The van der Waals surface area contributed by atoms with Gasteiger partial charge in [-0.3, -0.25) is 14.9 Å². The summed E-state index contributed by atoms with van der Waals surface area (Å²) in [5.41, 5.74) is 3.54. The van der Waals surface area contributed by atoms with Gasteiger partial charge in [-0.15, -0.1) is 0 Å². The lowest BCUT2D eigenvalue weighted by Gasteiger charge is -2.33. The number of hydrogen-bond donors (Lipinski definition) is 1. The van der Waals surface area contributed by atoms with E-state index < -0.39 is 12.6 Å². The summed E-state index contributed by atoms with van der Waals surface area (Å²) in [6.45, 7) is 3.65. The average Bonchev–Trinajstić information content (AvgIpc) is 3.54. The van der Waals surface area contributed by atoms with E-state index in [4.69, 9.17) is 4.74 Å². The first kappa shape index (κ1) is 27.6.